The molecule has 30 heavy (non-hydrogen) atoms. The van der Waals surface area contributed by atoms with Crippen LogP contribution in [-0.2, 0) is 19.1 Å². The van der Waals surface area contributed by atoms with E-state index in [0.717, 1.165) is 64.2 Å². The molecule has 0 bridgehead atoms. The van der Waals surface area contributed by atoms with Crippen molar-refractivity contribution in [2.24, 2.45) is 0 Å². The number of allylic oxidation sites excluding steroid dienone is 1. The van der Waals surface area contributed by atoms with Gasteiger partial charge in [0, 0.05) is 0 Å². The first kappa shape index (κ1) is 28.6. The number of ether oxygens (including phenoxy) is 2. The van der Waals surface area contributed by atoms with Crippen molar-refractivity contribution in [2.45, 2.75) is 110 Å². The number of unbranched alkanes of at least 4 members (excludes halogenated alkanes) is 8. The lowest BCUT2D eigenvalue weighted by Crippen LogP contribution is -2.35. The van der Waals surface area contributed by atoms with Gasteiger partial charge in [-0.2, -0.15) is 5.06 Å². The number of esters is 2. The molecule has 6 nitrogen and oxygen atoms in total. The summed E-state index contributed by atoms with van der Waals surface area (Å²) in [4.78, 5) is 23.9. The van der Waals surface area contributed by atoms with E-state index in [-0.39, 0.29) is 25.8 Å². The van der Waals surface area contributed by atoms with Gasteiger partial charge in [0.15, 0.2) is 0 Å². The van der Waals surface area contributed by atoms with E-state index >= 15 is 0 Å². The summed E-state index contributed by atoms with van der Waals surface area (Å²) in [5, 5.41) is 10.5. The number of hydrogen-bond donors (Lipinski definition) is 1. The van der Waals surface area contributed by atoms with E-state index in [4.69, 9.17) is 9.47 Å². The van der Waals surface area contributed by atoms with Crippen molar-refractivity contribution in [3.63, 3.8) is 0 Å². The highest BCUT2D eigenvalue weighted by Gasteiger charge is 2.18. The Morgan fingerprint density at radius 2 is 1.37 bits per heavy atom. The van der Waals surface area contributed by atoms with Gasteiger partial charge in [-0.1, -0.05) is 77.9 Å². The molecule has 0 fully saturated rings. The maximum Gasteiger partial charge on any atom is 0.322 e. The lowest BCUT2D eigenvalue weighted by Gasteiger charge is -2.19. The summed E-state index contributed by atoms with van der Waals surface area (Å²) < 4.78 is 10.6. The Labute approximate surface area is 184 Å². The van der Waals surface area contributed by atoms with E-state index < -0.39 is 11.9 Å². The van der Waals surface area contributed by atoms with Gasteiger partial charge >= 0.3 is 11.9 Å². The summed E-state index contributed by atoms with van der Waals surface area (Å²) in [6, 6.07) is 0. The molecule has 6 heteroatoms. The average Bonchev–Trinajstić information content (AvgIpc) is 2.70. The predicted octanol–water partition coefficient (Wildman–Crippen LogP) is 5.82. The van der Waals surface area contributed by atoms with Crippen LogP contribution in [0.3, 0.4) is 0 Å². The number of carbonyl (C=O) groups excluding carboxylic acids is 2. The number of hydrogen-bond acceptors (Lipinski definition) is 6. The fourth-order valence-corrected chi connectivity index (χ4v) is 3.14. The maximum atomic E-state index is 12.1. The van der Waals surface area contributed by atoms with E-state index in [1.54, 1.807) is 0 Å². The monoisotopic (exact) mass is 427 g/mol. The van der Waals surface area contributed by atoms with Crippen LogP contribution in [0.5, 0.6) is 0 Å². The molecule has 0 aliphatic rings. The predicted molar refractivity (Wildman–Crippen MR) is 120 cm³/mol. The van der Waals surface area contributed by atoms with E-state index in [1.807, 2.05) is 12.2 Å². The molecule has 0 aliphatic carbocycles. The Bertz CT molecular complexity index is 443. The van der Waals surface area contributed by atoms with Crippen LogP contribution in [0.2, 0.25) is 0 Å². The van der Waals surface area contributed by atoms with Crippen molar-refractivity contribution >= 4 is 11.9 Å². The average molecular weight is 428 g/mol. The summed E-state index contributed by atoms with van der Waals surface area (Å²) in [6.45, 7) is 5.96. The maximum absolute atomic E-state index is 12.1. The van der Waals surface area contributed by atoms with Crippen LogP contribution in [0, 0.1) is 0 Å². The quantitative estimate of drug-likeness (QED) is 0.114. The van der Waals surface area contributed by atoms with Crippen LogP contribution in [0.25, 0.3) is 0 Å². The standard InChI is InChI=1S/C24H45NO5/c1-4-7-10-11-12-13-16-19-29-23(26)20-25(28)21-24(27)30-22(17-14-8-5-2)18-15-9-6-3/h13,16,22,28H,4-12,14-15,17-21H2,1-3H3/b16-13-. The fourth-order valence-electron chi connectivity index (χ4n) is 3.14. The first-order valence-corrected chi connectivity index (χ1v) is 12.0. The first-order chi connectivity index (χ1) is 14.5. The zero-order chi connectivity index (χ0) is 22.5. The molecule has 0 aromatic heterocycles. The Morgan fingerprint density at radius 3 is 1.97 bits per heavy atom. The third kappa shape index (κ3) is 18.6. The summed E-state index contributed by atoms with van der Waals surface area (Å²) in [6.07, 6.45) is 17.7. The SMILES string of the molecule is CCCCCC/C=C\COC(=O)CN(O)CC(=O)OC(CCCCC)CCCCC. The number of nitrogens with zero attached hydrogens (tertiary/aromatic N) is 1. The Hall–Kier alpha value is -1.40. The van der Waals surface area contributed by atoms with Crippen molar-refractivity contribution in [3.05, 3.63) is 12.2 Å². The van der Waals surface area contributed by atoms with Gasteiger partial charge in [0.25, 0.3) is 0 Å². The van der Waals surface area contributed by atoms with Crippen molar-refractivity contribution in [2.75, 3.05) is 19.7 Å². The number of hydroxylamine groups is 2. The first-order valence-electron chi connectivity index (χ1n) is 12.0. The molecule has 0 rings (SSSR count). The number of rotatable bonds is 20. The Balaban J connectivity index is 4.08. The van der Waals surface area contributed by atoms with E-state index in [0.29, 0.717) is 5.06 Å². The van der Waals surface area contributed by atoms with Crippen LogP contribution >= 0.6 is 0 Å². The zero-order valence-corrected chi connectivity index (χ0v) is 19.6. The molecular formula is C24H45NO5. The Morgan fingerprint density at radius 1 is 0.800 bits per heavy atom. The molecule has 0 amide bonds. The third-order valence-electron chi connectivity index (χ3n) is 4.91. The summed E-state index contributed by atoms with van der Waals surface area (Å²) in [5.41, 5.74) is 0. The van der Waals surface area contributed by atoms with Crippen LogP contribution in [-0.4, -0.2) is 48.0 Å². The van der Waals surface area contributed by atoms with Gasteiger partial charge in [0.1, 0.15) is 25.8 Å². The molecule has 0 saturated carbocycles. The minimum absolute atomic E-state index is 0.113. The highest BCUT2D eigenvalue weighted by atomic mass is 16.6. The van der Waals surface area contributed by atoms with Crippen molar-refractivity contribution in [1.82, 2.24) is 5.06 Å². The molecule has 0 aliphatic heterocycles. The second-order valence-corrected chi connectivity index (χ2v) is 7.93. The van der Waals surface area contributed by atoms with Gasteiger partial charge in [-0.05, 0) is 38.5 Å². The van der Waals surface area contributed by atoms with E-state index in [2.05, 4.69) is 20.8 Å². The van der Waals surface area contributed by atoms with Gasteiger partial charge in [0.2, 0.25) is 0 Å². The van der Waals surface area contributed by atoms with Gasteiger partial charge < -0.3 is 14.7 Å². The molecule has 0 spiro atoms. The fraction of sp³-hybridized carbons (Fsp3) is 0.833. The van der Waals surface area contributed by atoms with Crippen molar-refractivity contribution in [3.8, 4) is 0 Å². The van der Waals surface area contributed by atoms with Gasteiger partial charge in [0.05, 0.1) is 0 Å². The topological polar surface area (TPSA) is 76.1 Å². The zero-order valence-electron chi connectivity index (χ0n) is 19.6. The minimum Gasteiger partial charge on any atom is -0.461 e. The van der Waals surface area contributed by atoms with Gasteiger partial charge in [-0.25, -0.2) is 0 Å². The van der Waals surface area contributed by atoms with Crippen LogP contribution < -0.4 is 0 Å². The third-order valence-corrected chi connectivity index (χ3v) is 4.91. The van der Waals surface area contributed by atoms with E-state index in [1.165, 1.54) is 19.3 Å². The van der Waals surface area contributed by atoms with E-state index in [9.17, 15) is 14.8 Å². The smallest absolute Gasteiger partial charge is 0.322 e. The highest BCUT2D eigenvalue weighted by molar-refractivity contribution is 5.74. The molecule has 0 heterocycles. The molecule has 0 saturated heterocycles. The molecule has 176 valence electrons. The van der Waals surface area contributed by atoms with Crippen molar-refractivity contribution in [1.29, 1.82) is 0 Å². The summed E-state index contributed by atoms with van der Waals surface area (Å²) in [5.74, 6) is -1.07. The second-order valence-electron chi connectivity index (χ2n) is 7.93. The molecule has 1 N–H and O–H groups in total. The molecule has 0 aromatic carbocycles. The molecule has 0 atom stereocenters. The largest absolute Gasteiger partial charge is 0.461 e. The number of carbonyl (C=O) groups is 2. The highest BCUT2D eigenvalue weighted by Crippen LogP contribution is 2.14. The van der Waals surface area contributed by atoms with Gasteiger partial charge in [-0.3, -0.25) is 9.59 Å². The molecule has 0 unspecified atom stereocenters. The normalized spacial score (nSPS) is 11.5. The molecular weight excluding hydrogens is 382 g/mol. The lowest BCUT2D eigenvalue weighted by atomic mass is 10.0. The lowest BCUT2D eigenvalue weighted by molar-refractivity contribution is -0.171. The summed E-state index contributed by atoms with van der Waals surface area (Å²) >= 11 is 0. The van der Waals surface area contributed by atoms with Crippen LogP contribution in [0.4, 0.5) is 0 Å². The Kier molecular flexibility index (Phi) is 19.9. The van der Waals surface area contributed by atoms with Crippen molar-refractivity contribution < 1.29 is 24.3 Å². The van der Waals surface area contributed by atoms with Crippen LogP contribution in [0.15, 0.2) is 12.2 Å². The molecule has 0 aromatic rings. The summed E-state index contributed by atoms with van der Waals surface area (Å²) in [7, 11) is 0. The van der Waals surface area contributed by atoms with Crippen LogP contribution in [0.1, 0.15) is 104 Å². The van der Waals surface area contributed by atoms with Gasteiger partial charge in [-0.15, -0.1) is 0 Å². The minimum atomic E-state index is -0.566. The molecule has 0 radical (unpaired) electrons. The second kappa shape index (κ2) is 20.9.